The molecule has 2 unspecified atom stereocenters. The third-order valence-corrected chi connectivity index (χ3v) is 6.72. The normalized spacial score (nSPS) is 20.1. The second-order valence-corrected chi connectivity index (χ2v) is 8.41. The Kier molecular flexibility index (Phi) is 6.63. The van der Waals surface area contributed by atoms with E-state index < -0.39 is 26.7 Å². The van der Waals surface area contributed by atoms with E-state index in [0.717, 1.165) is 0 Å². The van der Waals surface area contributed by atoms with E-state index in [4.69, 9.17) is 14.7 Å². The van der Waals surface area contributed by atoms with Crippen molar-refractivity contribution in [1.29, 1.82) is 0 Å². The highest BCUT2D eigenvalue weighted by Crippen LogP contribution is 2.55. The smallest absolute Gasteiger partial charge is 0.340 e. The monoisotopic (exact) mass is 388 g/mol. The van der Waals surface area contributed by atoms with Crippen LogP contribution in [0, 0.1) is 0 Å². The number of halogens is 1. The molecule has 10 heteroatoms. The lowest BCUT2D eigenvalue weighted by atomic mass is 10.1. The summed E-state index contributed by atoms with van der Waals surface area (Å²) < 4.78 is 26.6. The first-order chi connectivity index (χ1) is 6.97. The third-order valence-electron chi connectivity index (χ3n) is 1.58. The second-order valence-electron chi connectivity index (χ2n) is 3.66. The Balaban J connectivity index is 4.11. The molecule has 0 aliphatic rings. The SMILES string of the molecule is CC(O)(CI)CCOP(=O)(O)CP(=O)(O)O. The van der Waals surface area contributed by atoms with Gasteiger partial charge in [0.1, 0.15) is 0 Å². The molecule has 0 aromatic carbocycles. The van der Waals surface area contributed by atoms with Crippen LogP contribution >= 0.6 is 37.8 Å². The standard InChI is InChI=1S/C6H15IO7P2/c1-6(8,4-7)2-3-14-16(12,13)5-15(9,10)11/h8H,2-5H2,1H3,(H,12,13)(H2,9,10,11). The fourth-order valence-corrected chi connectivity index (χ4v) is 3.70. The third kappa shape index (κ3) is 9.07. The van der Waals surface area contributed by atoms with Crippen LogP contribution in [-0.4, -0.2) is 42.3 Å². The second kappa shape index (κ2) is 6.24. The van der Waals surface area contributed by atoms with Crippen molar-refractivity contribution in [3.8, 4) is 0 Å². The predicted octanol–water partition coefficient (Wildman–Crippen LogP) is 0.900. The molecule has 16 heavy (non-hydrogen) atoms. The Hall–Kier alpha value is 0.990. The van der Waals surface area contributed by atoms with Gasteiger partial charge in [-0.1, -0.05) is 22.6 Å². The highest BCUT2D eigenvalue weighted by Gasteiger charge is 2.31. The number of aliphatic hydroxyl groups is 1. The molecule has 0 aliphatic heterocycles. The molecule has 4 N–H and O–H groups in total. The van der Waals surface area contributed by atoms with Crippen molar-refractivity contribution in [3.63, 3.8) is 0 Å². The van der Waals surface area contributed by atoms with E-state index in [1.54, 1.807) is 0 Å². The van der Waals surface area contributed by atoms with Gasteiger partial charge >= 0.3 is 15.2 Å². The Morgan fingerprint density at radius 2 is 1.81 bits per heavy atom. The molecule has 0 aliphatic carbocycles. The summed E-state index contributed by atoms with van der Waals surface area (Å²) in [6, 6.07) is 0. The van der Waals surface area contributed by atoms with E-state index in [9.17, 15) is 14.2 Å². The fraction of sp³-hybridized carbons (Fsp3) is 1.00. The van der Waals surface area contributed by atoms with Crippen LogP contribution in [-0.2, 0) is 13.7 Å². The predicted molar refractivity (Wildman–Crippen MR) is 66.8 cm³/mol. The lowest BCUT2D eigenvalue weighted by molar-refractivity contribution is 0.0612. The minimum absolute atomic E-state index is 0.113. The van der Waals surface area contributed by atoms with Gasteiger partial charge in [-0.3, -0.25) is 9.13 Å². The van der Waals surface area contributed by atoms with Crippen LogP contribution in [0.3, 0.4) is 0 Å². The maximum absolute atomic E-state index is 11.2. The van der Waals surface area contributed by atoms with Gasteiger partial charge in [0, 0.05) is 10.8 Å². The zero-order chi connectivity index (χ0) is 13.0. The molecule has 0 heterocycles. The van der Waals surface area contributed by atoms with Crippen LogP contribution < -0.4 is 0 Å². The number of hydrogen-bond acceptors (Lipinski definition) is 4. The van der Waals surface area contributed by atoms with Gasteiger partial charge in [-0.05, 0) is 6.92 Å². The average Bonchev–Trinajstić information content (AvgIpc) is 1.98. The van der Waals surface area contributed by atoms with E-state index in [-0.39, 0.29) is 13.0 Å². The zero-order valence-electron chi connectivity index (χ0n) is 8.61. The lowest BCUT2D eigenvalue weighted by Crippen LogP contribution is -2.27. The van der Waals surface area contributed by atoms with Crippen LogP contribution in [0.5, 0.6) is 0 Å². The van der Waals surface area contributed by atoms with Crippen molar-refractivity contribution in [1.82, 2.24) is 0 Å². The Labute approximate surface area is 107 Å². The van der Waals surface area contributed by atoms with Gasteiger partial charge in [-0.25, -0.2) is 0 Å². The van der Waals surface area contributed by atoms with E-state index in [0.29, 0.717) is 4.43 Å². The Morgan fingerprint density at radius 1 is 1.31 bits per heavy atom. The first kappa shape index (κ1) is 17.0. The van der Waals surface area contributed by atoms with Crippen LogP contribution in [0.4, 0.5) is 0 Å². The van der Waals surface area contributed by atoms with Gasteiger partial charge in [-0.15, -0.1) is 0 Å². The molecule has 0 bridgehead atoms. The van der Waals surface area contributed by atoms with Crippen molar-refractivity contribution in [3.05, 3.63) is 0 Å². The van der Waals surface area contributed by atoms with Crippen molar-refractivity contribution in [2.45, 2.75) is 18.9 Å². The number of alkyl halides is 1. The quantitative estimate of drug-likeness (QED) is 0.290. The summed E-state index contributed by atoms with van der Waals surface area (Å²) in [7, 11) is -8.86. The summed E-state index contributed by atoms with van der Waals surface area (Å²) in [5.74, 6) is -1.20. The maximum Gasteiger partial charge on any atom is 0.340 e. The molecule has 0 radical (unpaired) electrons. The Bertz CT molecular complexity index is 312. The summed E-state index contributed by atoms with van der Waals surface area (Å²) >= 11 is 1.95. The van der Waals surface area contributed by atoms with Gasteiger partial charge in [0.2, 0.25) is 0 Å². The molecule has 0 aromatic heterocycles. The summed E-state index contributed by atoms with van der Waals surface area (Å²) in [5, 5.41) is 9.54. The van der Waals surface area contributed by atoms with E-state index >= 15 is 0 Å². The topological polar surface area (TPSA) is 124 Å². The van der Waals surface area contributed by atoms with Crippen LogP contribution in [0.1, 0.15) is 13.3 Å². The molecule has 0 rings (SSSR count). The summed E-state index contributed by atoms with van der Waals surface area (Å²) in [4.78, 5) is 26.1. The van der Waals surface area contributed by atoms with Crippen molar-refractivity contribution in [2.24, 2.45) is 0 Å². The fourth-order valence-electron chi connectivity index (χ4n) is 0.749. The molecule has 2 atom stereocenters. The highest BCUT2D eigenvalue weighted by atomic mass is 127. The van der Waals surface area contributed by atoms with Gasteiger partial charge < -0.3 is 24.3 Å². The molecular weight excluding hydrogens is 373 g/mol. The zero-order valence-corrected chi connectivity index (χ0v) is 12.6. The minimum Gasteiger partial charge on any atom is -0.389 e. The van der Waals surface area contributed by atoms with Crippen LogP contribution in [0.25, 0.3) is 0 Å². The first-order valence-electron chi connectivity index (χ1n) is 4.27. The molecule has 0 saturated heterocycles. The summed E-state index contributed by atoms with van der Waals surface area (Å²) in [6.07, 6.45) is 0.113. The van der Waals surface area contributed by atoms with E-state index in [1.807, 2.05) is 22.6 Å². The number of rotatable bonds is 7. The number of hydrogen-bond donors (Lipinski definition) is 4. The Morgan fingerprint density at radius 3 is 2.19 bits per heavy atom. The van der Waals surface area contributed by atoms with Gasteiger partial charge in [0.05, 0.1) is 12.2 Å². The minimum atomic E-state index is -4.58. The largest absolute Gasteiger partial charge is 0.389 e. The molecular formula is C6H15IO7P2. The van der Waals surface area contributed by atoms with Gasteiger partial charge in [0.25, 0.3) is 0 Å². The van der Waals surface area contributed by atoms with Crippen LogP contribution in [0.2, 0.25) is 0 Å². The van der Waals surface area contributed by atoms with E-state index in [1.165, 1.54) is 6.92 Å². The molecule has 7 nitrogen and oxygen atoms in total. The molecule has 98 valence electrons. The molecule has 0 fully saturated rings. The van der Waals surface area contributed by atoms with Crippen molar-refractivity contribution < 1.29 is 33.4 Å². The average molecular weight is 388 g/mol. The van der Waals surface area contributed by atoms with Crippen molar-refractivity contribution in [2.75, 3.05) is 16.9 Å². The van der Waals surface area contributed by atoms with Crippen molar-refractivity contribution >= 4 is 37.8 Å². The first-order valence-corrected chi connectivity index (χ1v) is 9.35. The maximum atomic E-state index is 11.2. The molecule has 0 amide bonds. The van der Waals surface area contributed by atoms with Gasteiger partial charge in [0.15, 0.2) is 5.90 Å². The summed E-state index contributed by atoms with van der Waals surface area (Å²) in [5.41, 5.74) is -1.03. The molecule has 0 aromatic rings. The van der Waals surface area contributed by atoms with Gasteiger partial charge in [-0.2, -0.15) is 0 Å². The summed E-state index contributed by atoms with van der Waals surface area (Å²) in [6.45, 7) is 1.30. The highest BCUT2D eigenvalue weighted by molar-refractivity contribution is 14.1. The van der Waals surface area contributed by atoms with E-state index in [2.05, 4.69) is 4.52 Å². The lowest BCUT2D eigenvalue weighted by Gasteiger charge is -2.21. The molecule has 0 spiro atoms. The van der Waals surface area contributed by atoms with Crippen LogP contribution in [0.15, 0.2) is 0 Å². The molecule has 0 saturated carbocycles.